The Labute approximate surface area is 236 Å². The van der Waals surface area contributed by atoms with E-state index in [0.717, 1.165) is 12.8 Å². The Kier molecular flexibility index (Phi) is 9.27. The number of nitrogens with one attached hydrogen (secondary N) is 5. The molecular formula is C25H40ClF3N6O3S. The van der Waals surface area contributed by atoms with Crippen LogP contribution in [0.5, 0.6) is 0 Å². The largest absolute Gasteiger partial charge is 0.403 e. The molecule has 222 valence electrons. The van der Waals surface area contributed by atoms with Gasteiger partial charge in [-0.25, -0.2) is 0 Å². The van der Waals surface area contributed by atoms with Crippen molar-refractivity contribution in [3.05, 3.63) is 0 Å². The second-order valence-electron chi connectivity index (χ2n) is 11.7. The molecule has 2 amide bonds. The van der Waals surface area contributed by atoms with Gasteiger partial charge in [0.05, 0.1) is 23.6 Å². The first-order valence-electron chi connectivity index (χ1n) is 14.0. The monoisotopic (exact) mass is 596 g/mol. The van der Waals surface area contributed by atoms with Gasteiger partial charge < -0.3 is 20.3 Å². The number of likely N-dealkylation sites (tertiary alicyclic amines) is 1. The zero-order valence-corrected chi connectivity index (χ0v) is 23.9. The zero-order valence-electron chi connectivity index (χ0n) is 22.3. The Morgan fingerprint density at radius 1 is 1.08 bits per heavy atom. The summed E-state index contributed by atoms with van der Waals surface area (Å²) in [5.74, 6) is -0.185. The van der Waals surface area contributed by atoms with Gasteiger partial charge >= 0.3 is 6.18 Å². The van der Waals surface area contributed by atoms with Crippen LogP contribution in [-0.4, -0.2) is 103 Å². The van der Waals surface area contributed by atoms with Crippen LogP contribution in [-0.2, 0) is 14.3 Å². The van der Waals surface area contributed by atoms with Crippen molar-refractivity contribution >= 4 is 35.2 Å². The normalized spacial score (nSPS) is 43.2. The molecule has 9 nitrogen and oxygen atoms in total. The molecule has 0 bridgehead atoms. The third kappa shape index (κ3) is 6.65. The van der Waals surface area contributed by atoms with Crippen molar-refractivity contribution in [1.29, 1.82) is 0 Å². The van der Waals surface area contributed by atoms with Crippen molar-refractivity contribution in [3.63, 3.8) is 0 Å². The van der Waals surface area contributed by atoms with Crippen LogP contribution in [0.4, 0.5) is 13.2 Å². The number of carbonyl (C=O) groups is 2. The van der Waals surface area contributed by atoms with Crippen molar-refractivity contribution in [1.82, 2.24) is 31.5 Å². The van der Waals surface area contributed by atoms with E-state index in [9.17, 15) is 22.8 Å². The minimum absolute atomic E-state index is 0.00229. The van der Waals surface area contributed by atoms with Gasteiger partial charge in [-0.2, -0.15) is 13.2 Å². The first-order valence-corrected chi connectivity index (χ1v) is 15.4. The Bertz CT molecular complexity index is 892. The fourth-order valence-electron chi connectivity index (χ4n) is 7.05. The van der Waals surface area contributed by atoms with E-state index in [0.29, 0.717) is 45.1 Å². The summed E-state index contributed by atoms with van der Waals surface area (Å²) in [5, 5.41) is 15.9. The van der Waals surface area contributed by atoms with Crippen LogP contribution >= 0.6 is 23.4 Å². The van der Waals surface area contributed by atoms with E-state index in [1.54, 1.807) is 23.8 Å². The lowest BCUT2D eigenvalue weighted by molar-refractivity contribution is -0.165. The summed E-state index contributed by atoms with van der Waals surface area (Å²) in [7, 11) is 1.71. The quantitative estimate of drug-likeness (QED) is 0.238. The summed E-state index contributed by atoms with van der Waals surface area (Å²) in [6.07, 6.45) is -1.95. The van der Waals surface area contributed by atoms with E-state index in [4.69, 9.17) is 16.3 Å². The van der Waals surface area contributed by atoms with Crippen molar-refractivity contribution in [2.75, 3.05) is 33.3 Å². The molecule has 0 aliphatic carbocycles. The number of piperidine rings is 3. The molecule has 11 atom stereocenters. The van der Waals surface area contributed by atoms with Gasteiger partial charge in [0.15, 0.2) is 0 Å². The molecule has 0 aromatic heterocycles. The Hall–Kier alpha value is -0.830. The van der Waals surface area contributed by atoms with E-state index >= 15 is 0 Å². The van der Waals surface area contributed by atoms with Crippen molar-refractivity contribution in [2.24, 2.45) is 17.8 Å². The number of ether oxygens (including phenoxy) is 1. The van der Waals surface area contributed by atoms with Gasteiger partial charge in [-0.05, 0) is 50.9 Å². The van der Waals surface area contributed by atoms with Crippen LogP contribution in [0, 0.1) is 17.8 Å². The third-order valence-electron chi connectivity index (χ3n) is 9.12. The lowest BCUT2D eigenvalue weighted by Crippen LogP contribution is -2.58. The fourth-order valence-corrected chi connectivity index (χ4v) is 8.76. The summed E-state index contributed by atoms with van der Waals surface area (Å²) < 4.78 is 45.3. The summed E-state index contributed by atoms with van der Waals surface area (Å²) in [4.78, 5) is 28.2. The highest BCUT2D eigenvalue weighted by Crippen LogP contribution is 2.39. The fraction of sp³-hybridized carbons (Fsp3) is 0.920. The molecule has 5 N–H and O–H groups in total. The number of amides is 2. The Balaban J connectivity index is 1.15. The summed E-state index contributed by atoms with van der Waals surface area (Å²) in [5.41, 5.74) is -0.422. The number of hydrogen-bond acceptors (Lipinski definition) is 8. The SMILES string of the molecule is COC1CNC(Cl)CC1C1CC(C)NCC1C(=O)NC1NC2CN(C(=O)C3CCCC(C(F)(F)F)N3)CC2S1. The maximum absolute atomic E-state index is 13.5. The van der Waals surface area contributed by atoms with Crippen molar-refractivity contribution < 1.29 is 27.5 Å². The molecule has 5 aliphatic heterocycles. The average Bonchev–Trinajstić information content (AvgIpc) is 3.46. The predicted molar refractivity (Wildman–Crippen MR) is 143 cm³/mol. The molecule has 0 aromatic carbocycles. The van der Waals surface area contributed by atoms with E-state index in [-0.39, 0.29) is 64.4 Å². The molecule has 0 saturated carbocycles. The number of methoxy groups -OCH3 is 1. The topological polar surface area (TPSA) is 107 Å². The van der Waals surface area contributed by atoms with Gasteiger partial charge in [-0.3, -0.25) is 25.5 Å². The first kappa shape index (κ1) is 29.7. The Morgan fingerprint density at radius 3 is 2.59 bits per heavy atom. The van der Waals surface area contributed by atoms with Crippen LogP contribution in [0.15, 0.2) is 0 Å². The number of alkyl halides is 4. The van der Waals surface area contributed by atoms with Crippen LogP contribution in [0.3, 0.4) is 0 Å². The highest BCUT2D eigenvalue weighted by molar-refractivity contribution is 8.00. The second-order valence-corrected chi connectivity index (χ2v) is 13.6. The highest BCUT2D eigenvalue weighted by atomic mass is 35.5. The third-order valence-corrected chi connectivity index (χ3v) is 10.8. The van der Waals surface area contributed by atoms with Crippen LogP contribution < -0.4 is 26.6 Å². The number of halogens is 4. The molecule has 5 fully saturated rings. The number of rotatable bonds is 5. The maximum atomic E-state index is 13.5. The lowest BCUT2D eigenvalue weighted by atomic mass is 9.70. The smallest absolute Gasteiger partial charge is 0.380 e. The predicted octanol–water partition coefficient (Wildman–Crippen LogP) is 1.18. The highest BCUT2D eigenvalue weighted by Gasteiger charge is 2.49. The molecule has 14 heteroatoms. The number of thioether (sulfide) groups is 1. The van der Waals surface area contributed by atoms with E-state index in [2.05, 4.69) is 33.5 Å². The molecule has 5 rings (SSSR count). The molecule has 11 unspecified atom stereocenters. The van der Waals surface area contributed by atoms with Gasteiger partial charge in [0.2, 0.25) is 11.8 Å². The van der Waals surface area contributed by atoms with Gasteiger partial charge in [0.1, 0.15) is 11.5 Å². The minimum atomic E-state index is -4.35. The summed E-state index contributed by atoms with van der Waals surface area (Å²) in [6.45, 7) is 4.26. The average molecular weight is 597 g/mol. The van der Waals surface area contributed by atoms with Gasteiger partial charge in [0.25, 0.3) is 0 Å². The van der Waals surface area contributed by atoms with E-state index < -0.39 is 18.3 Å². The van der Waals surface area contributed by atoms with Crippen LogP contribution in [0.2, 0.25) is 0 Å². The van der Waals surface area contributed by atoms with Gasteiger partial charge in [-0.15, -0.1) is 23.4 Å². The number of fused-ring (bicyclic) bond motifs is 1. The van der Waals surface area contributed by atoms with Gasteiger partial charge in [-0.1, -0.05) is 0 Å². The van der Waals surface area contributed by atoms with Crippen LogP contribution in [0.1, 0.15) is 39.0 Å². The number of carbonyl (C=O) groups excluding carboxylic acids is 2. The van der Waals surface area contributed by atoms with Gasteiger partial charge in [0, 0.05) is 50.6 Å². The maximum Gasteiger partial charge on any atom is 0.403 e. The van der Waals surface area contributed by atoms with Crippen molar-refractivity contribution in [3.8, 4) is 0 Å². The molecular weight excluding hydrogens is 557 g/mol. The first-order chi connectivity index (χ1) is 18.5. The van der Waals surface area contributed by atoms with E-state index in [1.165, 1.54) is 0 Å². The second kappa shape index (κ2) is 12.2. The lowest BCUT2D eigenvalue weighted by Gasteiger charge is -2.45. The molecule has 39 heavy (non-hydrogen) atoms. The van der Waals surface area contributed by atoms with E-state index in [1.807, 2.05) is 0 Å². The molecule has 0 spiro atoms. The van der Waals surface area contributed by atoms with Crippen molar-refractivity contribution in [2.45, 2.75) is 91.7 Å². The minimum Gasteiger partial charge on any atom is -0.380 e. The molecule has 5 aliphatic rings. The molecule has 0 aromatic rings. The summed E-state index contributed by atoms with van der Waals surface area (Å²) >= 11 is 8.02. The number of nitrogens with zero attached hydrogens (tertiary/aromatic N) is 1. The van der Waals surface area contributed by atoms with Crippen LogP contribution in [0.25, 0.3) is 0 Å². The molecule has 5 heterocycles. The number of hydrogen-bond donors (Lipinski definition) is 5. The molecule has 5 saturated heterocycles. The Morgan fingerprint density at radius 2 is 1.87 bits per heavy atom. The molecule has 0 radical (unpaired) electrons. The summed E-state index contributed by atoms with van der Waals surface area (Å²) in [6, 6.07) is -2.16. The standard InChI is InChI=1S/C25H40ClF3N6O3S/c1-12-6-13(14-7-21(26)31-9-18(14)38-2)15(8-30-12)22(36)34-24-33-17-10-35(11-19(17)39-24)23(37)16-4-3-5-20(32-16)25(27,28)29/h12-21,24,30-33H,3-11H2,1-2H3,(H,34,36). The zero-order chi connectivity index (χ0) is 27.9.